The average Bonchev–Trinajstić information content (AvgIpc) is 2.75. The Balaban J connectivity index is 2.22. The number of cyclic esters (lactones) is 1. The van der Waals surface area contributed by atoms with Crippen molar-refractivity contribution in [2.45, 2.75) is 25.2 Å². The van der Waals surface area contributed by atoms with E-state index in [2.05, 4.69) is 0 Å². The Labute approximate surface area is 151 Å². The summed E-state index contributed by atoms with van der Waals surface area (Å²) in [4.78, 5) is 12.4. The summed E-state index contributed by atoms with van der Waals surface area (Å²) in [5, 5.41) is 0. The fourth-order valence-corrected chi connectivity index (χ4v) is 3.61. The smallest absolute Gasteiger partial charge is 0.340 e. The van der Waals surface area contributed by atoms with Crippen LogP contribution in [-0.4, -0.2) is 20.0 Å². The maximum absolute atomic E-state index is 14.7. The van der Waals surface area contributed by atoms with Gasteiger partial charge in [0.1, 0.15) is 27.9 Å². The average molecular weight is 378 g/mol. The molecular formula is C19H16F2O4S. The van der Waals surface area contributed by atoms with E-state index in [-0.39, 0.29) is 16.9 Å². The number of esters is 1. The summed E-state index contributed by atoms with van der Waals surface area (Å²) >= 11 is 0. The highest BCUT2D eigenvalue weighted by Gasteiger charge is 2.42. The Bertz CT molecular complexity index is 998. The van der Waals surface area contributed by atoms with E-state index in [0.29, 0.717) is 16.7 Å². The molecule has 1 aliphatic heterocycles. The summed E-state index contributed by atoms with van der Waals surface area (Å²) in [5.74, 6) is -2.14. The van der Waals surface area contributed by atoms with Crippen molar-refractivity contribution >= 4 is 27.8 Å². The topological polar surface area (TPSA) is 60.4 Å². The molecule has 0 aliphatic carbocycles. The van der Waals surface area contributed by atoms with Crippen LogP contribution >= 0.6 is 0 Å². The van der Waals surface area contributed by atoms with Crippen LogP contribution in [0.25, 0.3) is 11.1 Å². The van der Waals surface area contributed by atoms with Crippen LogP contribution in [0.15, 0.2) is 42.5 Å². The third-order valence-corrected chi connectivity index (χ3v) is 4.76. The molecule has 136 valence electrons. The molecule has 7 heteroatoms. The molecule has 4 nitrogen and oxygen atoms in total. The molecule has 0 amide bonds. The van der Waals surface area contributed by atoms with E-state index in [1.54, 1.807) is 19.9 Å². The molecule has 0 aromatic heterocycles. The van der Waals surface area contributed by atoms with Crippen molar-refractivity contribution in [3.63, 3.8) is 0 Å². The zero-order chi connectivity index (χ0) is 19.1. The number of thiol groups is 1. The predicted molar refractivity (Wildman–Crippen MR) is 93.8 cm³/mol. The van der Waals surface area contributed by atoms with Crippen molar-refractivity contribution in [3.8, 4) is 0 Å². The van der Waals surface area contributed by atoms with Crippen LogP contribution in [0.5, 0.6) is 0 Å². The zero-order valence-electron chi connectivity index (χ0n) is 14.1. The Kier molecular flexibility index (Phi) is 4.66. The van der Waals surface area contributed by atoms with Gasteiger partial charge in [-0.3, -0.25) is 0 Å². The van der Waals surface area contributed by atoms with Gasteiger partial charge in [-0.15, -0.1) is 0 Å². The lowest BCUT2D eigenvalue weighted by molar-refractivity contribution is -0.141. The van der Waals surface area contributed by atoms with Gasteiger partial charge in [0, 0.05) is 11.1 Å². The fraction of sp³-hybridized carbons (Fsp3) is 0.211. The zero-order valence-corrected chi connectivity index (χ0v) is 15.0. The van der Waals surface area contributed by atoms with E-state index in [1.165, 1.54) is 30.3 Å². The molecule has 0 N–H and O–H groups in total. The van der Waals surface area contributed by atoms with Crippen molar-refractivity contribution in [1.29, 1.82) is 0 Å². The van der Waals surface area contributed by atoms with Crippen LogP contribution in [0.1, 0.15) is 30.5 Å². The second-order valence-corrected chi connectivity index (χ2v) is 7.45. The van der Waals surface area contributed by atoms with Crippen molar-refractivity contribution in [3.05, 3.63) is 70.8 Å². The molecule has 0 saturated carbocycles. The van der Waals surface area contributed by atoms with E-state index in [0.717, 1.165) is 6.07 Å². The summed E-state index contributed by atoms with van der Waals surface area (Å²) in [6, 6.07) is 9.46. The summed E-state index contributed by atoms with van der Waals surface area (Å²) in [5.41, 5.74) is -0.0187. The number of carbonyl (C=O) groups excluding carboxylic acids is 1. The molecule has 0 bridgehead atoms. The molecule has 2 aromatic carbocycles. The number of halogens is 2. The molecule has 0 fully saturated rings. The molecule has 0 saturated heterocycles. The van der Waals surface area contributed by atoms with E-state index in [9.17, 15) is 22.0 Å². The van der Waals surface area contributed by atoms with Crippen molar-refractivity contribution in [2.75, 3.05) is 0 Å². The highest BCUT2D eigenvalue weighted by Crippen LogP contribution is 2.44. The van der Waals surface area contributed by atoms with Gasteiger partial charge in [0.15, 0.2) is 0 Å². The first-order chi connectivity index (χ1) is 12.2. The van der Waals surface area contributed by atoms with E-state index in [1.807, 2.05) is 0 Å². The SMILES string of the molecule is CC1(C)OC(=O)C(c2cccc(F)c2)=C1c1ccc(C[SH](=O)=O)cc1F. The Morgan fingerprint density at radius 2 is 1.81 bits per heavy atom. The van der Waals surface area contributed by atoms with Gasteiger partial charge in [-0.2, -0.15) is 0 Å². The number of rotatable bonds is 4. The van der Waals surface area contributed by atoms with Crippen LogP contribution < -0.4 is 0 Å². The molecule has 1 aliphatic rings. The van der Waals surface area contributed by atoms with Gasteiger partial charge in [-0.05, 0) is 43.2 Å². The molecule has 0 radical (unpaired) electrons. The number of carbonyl (C=O) groups is 1. The lowest BCUT2D eigenvalue weighted by Crippen LogP contribution is -2.22. The largest absolute Gasteiger partial charge is 0.451 e. The highest BCUT2D eigenvalue weighted by atomic mass is 32.2. The molecular weight excluding hydrogens is 362 g/mol. The summed E-state index contributed by atoms with van der Waals surface area (Å²) in [6.07, 6.45) is 0. The number of benzene rings is 2. The van der Waals surface area contributed by atoms with Gasteiger partial charge >= 0.3 is 5.97 Å². The number of hydrogen-bond donors (Lipinski definition) is 1. The van der Waals surface area contributed by atoms with Crippen molar-refractivity contribution in [2.24, 2.45) is 0 Å². The molecule has 0 atom stereocenters. The van der Waals surface area contributed by atoms with Crippen LogP contribution in [0.3, 0.4) is 0 Å². The second kappa shape index (κ2) is 6.64. The molecule has 0 unspecified atom stereocenters. The van der Waals surface area contributed by atoms with Crippen LogP contribution in [0, 0.1) is 11.6 Å². The van der Waals surface area contributed by atoms with Crippen LogP contribution in [0.2, 0.25) is 0 Å². The van der Waals surface area contributed by atoms with Crippen LogP contribution in [-0.2, 0) is 26.0 Å². The standard InChI is InChI=1S/C19H16F2O4S/c1-19(2)17(14-7-6-11(8-15(14)21)10-26(23)24)16(18(22)25-19)12-4-3-5-13(20)9-12/h3-9,26H,10H2,1-2H3. The third-order valence-electron chi connectivity index (χ3n) is 4.13. The first kappa shape index (κ1) is 18.3. The fourth-order valence-electron chi connectivity index (χ4n) is 3.11. The third kappa shape index (κ3) is 3.39. The minimum Gasteiger partial charge on any atom is -0.451 e. The lowest BCUT2D eigenvalue weighted by Gasteiger charge is -2.22. The minimum absolute atomic E-state index is 0.0936. The van der Waals surface area contributed by atoms with Gasteiger partial charge in [-0.25, -0.2) is 22.0 Å². The normalized spacial score (nSPS) is 16.3. The Hall–Kier alpha value is -2.54. The Morgan fingerprint density at radius 1 is 1.08 bits per heavy atom. The summed E-state index contributed by atoms with van der Waals surface area (Å²) in [7, 11) is -2.68. The number of ether oxygens (including phenoxy) is 1. The molecule has 2 aromatic rings. The second-order valence-electron chi connectivity index (χ2n) is 6.47. The minimum atomic E-state index is -2.68. The Morgan fingerprint density at radius 3 is 2.42 bits per heavy atom. The van der Waals surface area contributed by atoms with Gasteiger partial charge in [-0.1, -0.05) is 24.3 Å². The summed E-state index contributed by atoms with van der Waals surface area (Å²) < 4.78 is 55.4. The van der Waals surface area contributed by atoms with Crippen molar-refractivity contribution in [1.82, 2.24) is 0 Å². The first-order valence-corrected chi connectivity index (χ1v) is 9.20. The molecule has 3 rings (SSSR count). The van der Waals surface area contributed by atoms with Crippen molar-refractivity contribution < 1.29 is 26.7 Å². The molecule has 0 spiro atoms. The summed E-state index contributed by atoms with van der Waals surface area (Å²) in [6.45, 7) is 3.24. The molecule has 1 heterocycles. The van der Waals surface area contributed by atoms with Gasteiger partial charge < -0.3 is 4.74 Å². The van der Waals surface area contributed by atoms with Gasteiger partial charge in [0.25, 0.3) is 0 Å². The van der Waals surface area contributed by atoms with Gasteiger partial charge in [0.2, 0.25) is 0 Å². The predicted octanol–water partition coefficient (Wildman–Crippen LogP) is 3.32. The van der Waals surface area contributed by atoms with E-state index < -0.39 is 33.9 Å². The van der Waals surface area contributed by atoms with Gasteiger partial charge in [0.05, 0.1) is 11.3 Å². The monoisotopic (exact) mass is 378 g/mol. The number of hydrogen-bond acceptors (Lipinski definition) is 4. The molecule has 26 heavy (non-hydrogen) atoms. The maximum atomic E-state index is 14.7. The van der Waals surface area contributed by atoms with E-state index >= 15 is 0 Å². The quantitative estimate of drug-likeness (QED) is 0.655. The van der Waals surface area contributed by atoms with E-state index in [4.69, 9.17) is 4.74 Å². The maximum Gasteiger partial charge on any atom is 0.340 e. The lowest BCUT2D eigenvalue weighted by atomic mass is 9.86. The highest BCUT2D eigenvalue weighted by molar-refractivity contribution is 7.71. The first-order valence-electron chi connectivity index (χ1n) is 7.83. The van der Waals surface area contributed by atoms with Crippen LogP contribution in [0.4, 0.5) is 8.78 Å².